The molecule has 7 heteroatoms. The quantitative estimate of drug-likeness (QED) is 0.854. The lowest BCUT2D eigenvalue weighted by Gasteiger charge is -2.10. The van der Waals surface area contributed by atoms with Crippen LogP contribution in [0.3, 0.4) is 0 Å². The first kappa shape index (κ1) is 13.1. The smallest absolute Gasteiger partial charge is 0.247 e. The van der Waals surface area contributed by atoms with E-state index in [-0.39, 0.29) is 28.2 Å². The third-order valence-electron chi connectivity index (χ3n) is 2.37. The minimum absolute atomic E-state index is 0.0143. The zero-order chi connectivity index (χ0) is 14.0. The van der Waals surface area contributed by atoms with E-state index in [4.69, 9.17) is 27.3 Å². The monoisotopic (exact) mass is 278 g/mol. The van der Waals surface area contributed by atoms with Gasteiger partial charge in [0.2, 0.25) is 11.2 Å². The number of anilines is 1. The maximum absolute atomic E-state index is 13.4. The Morgan fingerprint density at radius 1 is 1.42 bits per heavy atom. The topological polar surface area (TPSA) is 84.8 Å². The van der Waals surface area contributed by atoms with Crippen LogP contribution >= 0.6 is 11.6 Å². The van der Waals surface area contributed by atoms with Gasteiger partial charge in [-0.15, -0.1) is 0 Å². The number of aromatic nitrogens is 2. The molecule has 2 aromatic rings. The van der Waals surface area contributed by atoms with E-state index in [0.29, 0.717) is 5.69 Å². The third-order valence-corrected chi connectivity index (χ3v) is 2.54. The number of nitrogens with zero attached hydrogens (tertiary/aromatic N) is 3. The van der Waals surface area contributed by atoms with Gasteiger partial charge in [0.05, 0.1) is 5.69 Å². The Balaban J connectivity index is 2.48. The summed E-state index contributed by atoms with van der Waals surface area (Å²) in [6.07, 6.45) is 0. The summed E-state index contributed by atoms with van der Waals surface area (Å²) in [7, 11) is 0. The molecule has 5 nitrogen and oxygen atoms in total. The summed E-state index contributed by atoms with van der Waals surface area (Å²) in [5.41, 5.74) is 6.13. The van der Waals surface area contributed by atoms with Crippen molar-refractivity contribution >= 4 is 17.3 Å². The summed E-state index contributed by atoms with van der Waals surface area (Å²) < 4.78 is 18.8. The van der Waals surface area contributed by atoms with Gasteiger partial charge in [-0.1, -0.05) is 6.07 Å². The normalized spacial score (nSPS) is 10.0. The van der Waals surface area contributed by atoms with Crippen molar-refractivity contribution in [2.45, 2.75) is 6.92 Å². The van der Waals surface area contributed by atoms with E-state index in [1.54, 1.807) is 13.0 Å². The van der Waals surface area contributed by atoms with Crippen LogP contribution in [0.25, 0.3) is 0 Å². The average molecular weight is 279 g/mol. The number of rotatable bonds is 2. The molecule has 1 aromatic carbocycles. The molecule has 96 valence electrons. The second kappa shape index (κ2) is 5.08. The maximum Gasteiger partial charge on any atom is 0.247 e. The van der Waals surface area contributed by atoms with Crippen molar-refractivity contribution in [3.63, 3.8) is 0 Å². The molecule has 0 saturated heterocycles. The molecule has 0 unspecified atom stereocenters. The molecule has 0 bridgehead atoms. The van der Waals surface area contributed by atoms with Gasteiger partial charge in [0.25, 0.3) is 0 Å². The largest absolute Gasteiger partial charge is 0.435 e. The highest BCUT2D eigenvalue weighted by Crippen LogP contribution is 2.30. The van der Waals surface area contributed by atoms with E-state index in [1.165, 1.54) is 12.1 Å². The molecule has 0 atom stereocenters. The lowest BCUT2D eigenvalue weighted by atomic mass is 10.2. The number of nitrogen functional groups attached to an aromatic ring is 1. The average Bonchev–Trinajstić information content (AvgIpc) is 2.35. The van der Waals surface area contributed by atoms with Gasteiger partial charge in [-0.05, 0) is 30.7 Å². The highest BCUT2D eigenvalue weighted by Gasteiger charge is 2.14. The van der Waals surface area contributed by atoms with Crippen LogP contribution in [0, 0.1) is 24.1 Å². The molecule has 0 radical (unpaired) electrons. The minimum Gasteiger partial charge on any atom is -0.435 e. The van der Waals surface area contributed by atoms with E-state index in [9.17, 15) is 4.39 Å². The first-order chi connectivity index (χ1) is 9.02. The number of nitriles is 1. The van der Waals surface area contributed by atoms with Crippen molar-refractivity contribution in [2.75, 3.05) is 5.73 Å². The van der Waals surface area contributed by atoms with Gasteiger partial charge < -0.3 is 10.5 Å². The molecule has 0 amide bonds. The Morgan fingerprint density at radius 2 is 2.16 bits per heavy atom. The van der Waals surface area contributed by atoms with Crippen LogP contribution in [-0.4, -0.2) is 9.97 Å². The zero-order valence-corrected chi connectivity index (χ0v) is 10.6. The molecule has 0 saturated carbocycles. The highest BCUT2D eigenvalue weighted by atomic mass is 35.5. The molecule has 1 aromatic heterocycles. The summed E-state index contributed by atoms with van der Waals surface area (Å²) >= 11 is 5.70. The summed E-state index contributed by atoms with van der Waals surface area (Å²) in [6, 6.07) is 5.73. The molecular formula is C12H8ClFN4O. The Kier molecular flexibility index (Phi) is 3.49. The maximum atomic E-state index is 13.4. The number of hydrogen-bond donors (Lipinski definition) is 1. The van der Waals surface area contributed by atoms with Crippen LogP contribution in [0.4, 0.5) is 10.1 Å². The van der Waals surface area contributed by atoms with Crippen LogP contribution in [-0.2, 0) is 0 Å². The first-order valence-corrected chi connectivity index (χ1v) is 5.56. The van der Waals surface area contributed by atoms with Crippen LogP contribution in [0.1, 0.15) is 11.3 Å². The Morgan fingerprint density at radius 3 is 2.84 bits per heavy atom. The van der Waals surface area contributed by atoms with Crippen molar-refractivity contribution in [1.29, 1.82) is 5.26 Å². The Bertz CT molecular complexity index is 684. The van der Waals surface area contributed by atoms with Crippen LogP contribution < -0.4 is 10.5 Å². The second-order valence-electron chi connectivity index (χ2n) is 3.62. The lowest BCUT2D eigenvalue weighted by molar-refractivity contribution is 0.457. The molecule has 0 aliphatic rings. The minimum atomic E-state index is -0.685. The molecule has 0 spiro atoms. The van der Waals surface area contributed by atoms with E-state index in [0.717, 1.165) is 6.07 Å². The van der Waals surface area contributed by atoms with Gasteiger partial charge in [-0.3, -0.25) is 0 Å². The van der Waals surface area contributed by atoms with Gasteiger partial charge in [0.1, 0.15) is 28.9 Å². The van der Waals surface area contributed by atoms with Crippen molar-refractivity contribution in [3.05, 3.63) is 40.6 Å². The molecule has 0 fully saturated rings. The second-order valence-corrected chi connectivity index (χ2v) is 3.96. The van der Waals surface area contributed by atoms with Gasteiger partial charge in [0.15, 0.2) is 0 Å². The summed E-state index contributed by atoms with van der Waals surface area (Å²) in [5, 5.41) is 8.85. The van der Waals surface area contributed by atoms with Gasteiger partial charge >= 0.3 is 0 Å². The molecule has 2 rings (SSSR count). The number of aryl methyl sites for hydroxylation is 1. The third kappa shape index (κ3) is 2.56. The number of nitrogens with two attached hydrogens (primary N) is 1. The van der Waals surface area contributed by atoms with Crippen LogP contribution in [0.5, 0.6) is 11.6 Å². The number of halogens is 2. The Labute approximate surface area is 113 Å². The molecule has 0 aliphatic carbocycles. The van der Waals surface area contributed by atoms with Crippen molar-refractivity contribution in [2.24, 2.45) is 0 Å². The molecule has 2 N–H and O–H groups in total. The first-order valence-electron chi connectivity index (χ1n) is 5.19. The van der Waals surface area contributed by atoms with E-state index < -0.39 is 5.82 Å². The fourth-order valence-electron chi connectivity index (χ4n) is 1.40. The predicted molar refractivity (Wildman–Crippen MR) is 67.4 cm³/mol. The predicted octanol–water partition coefficient (Wildman–Crippen LogP) is 2.82. The molecular weight excluding hydrogens is 271 g/mol. The zero-order valence-electron chi connectivity index (χ0n) is 9.82. The fraction of sp³-hybridized carbons (Fsp3) is 0.0833. The molecule has 1 heterocycles. The van der Waals surface area contributed by atoms with Gasteiger partial charge in [0, 0.05) is 0 Å². The van der Waals surface area contributed by atoms with Crippen molar-refractivity contribution in [3.8, 4) is 17.7 Å². The number of ether oxygens (including phenoxy) is 1. The highest BCUT2D eigenvalue weighted by molar-refractivity contribution is 6.28. The number of hydrogen-bond acceptors (Lipinski definition) is 5. The summed E-state index contributed by atoms with van der Waals surface area (Å²) in [5.74, 6) is -0.682. The van der Waals surface area contributed by atoms with E-state index in [2.05, 4.69) is 9.97 Å². The fourth-order valence-corrected chi connectivity index (χ4v) is 1.61. The number of benzene rings is 1. The van der Waals surface area contributed by atoms with Crippen molar-refractivity contribution < 1.29 is 9.13 Å². The SMILES string of the molecule is Cc1nc(Cl)nc(Oc2cccc(F)c2C#N)c1N. The standard InChI is InChI=1S/C12H8ClFN4O/c1-6-10(16)11(18-12(13)17-6)19-9-4-2-3-8(14)7(9)5-15/h2-4H,16H2,1H3. The lowest BCUT2D eigenvalue weighted by Crippen LogP contribution is -2.02. The van der Waals surface area contributed by atoms with E-state index >= 15 is 0 Å². The Hall–Kier alpha value is -2.39. The van der Waals surface area contributed by atoms with E-state index in [1.807, 2.05) is 0 Å². The summed E-state index contributed by atoms with van der Waals surface area (Å²) in [6.45, 7) is 1.63. The van der Waals surface area contributed by atoms with Gasteiger partial charge in [-0.2, -0.15) is 10.2 Å². The van der Waals surface area contributed by atoms with Crippen LogP contribution in [0.15, 0.2) is 18.2 Å². The molecule has 0 aliphatic heterocycles. The van der Waals surface area contributed by atoms with Crippen molar-refractivity contribution in [1.82, 2.24) is 9.97 Å². The summed E-state index contributed by atoms with van der Waals surface area (Å²) in [4.78, 5) is 7.65. The van der Waals surface area contributed by atoms with Crippen LogP contribution in [0.2, 0.25) is 5.28 Å². The van der Waals surface area contributed by atoms with Gasteiger partial charge in [-0.25, -0.2) is 9.37 Å². The molecule has 19 heavy (non-hydrogen) atoms.